The fraction of sp³-hybridized carbons (Fsp3) is 0.364. The number of piperidine rings is 1. The van der Waals surface area contributed by atoms with Crippen LogP contribution in [-0.4, -0.2) is 68.7 Å². The molecule has 2 atom stereocenters. The van der Waals surface area contributed by atoms with Gasteiger partial charge in [-0.1, -0.05) is 18.7 Å². The maximum atomic E-state index is 13.6. The number of nitrogens with zero attached hydrogens (tertiary/aromatic N) is 3. The summed E-state index contributed by atoms with van der Waals surface area (Å²) in [6, 6.07) is 5.78. The fourth-order valence-corrected chi connectivity index (χ4v) is 3.53. The van der Waals surface area contributed by atoms with E-state index >= 15 is 0 Å². The zero-order valence-corrected chi connectivity index (χ0v) is 18.5. The first kappa shape index (κ1) is 25.9. The molecule has 0 radical (unpaired) electrons. The maximum absolute atomic E-state index is 13.6. The SMILES string of the molecule is C=CC(=O)Nc1ccccc1Nc1nc(N[C@H]2CCCN(C(=O)[C@@H](O)CO)C2)ncc1C(F)(F)F. The van der Waals surface area contributed by atoms with Gasteiger partial charge in [0.2, 0.25) is 11.9 Å². The van der Waals surface area contributed by atoms with Crippen LogP contribution in [0.15, 0.2) is 43.1 Å². The zero-order valence-electron chi connectivity index (χ0n) is 18.5. The molecule has 2 aromatic rings. The maximum Gasteiger partial charge on any atom is 0.421 e. The van der Waals surface area contributed by atoms with Gasteiger partial charge in [-0.05, 0) is 31.1 Å². The van der Waals surface area contributed by atoms with Crippen LogP contribution in [0.25, 0.3) is 0 Å². The number of rotatable bonds is 8. The molecule has 1 saturated heterocycles. The number of hydrogen-bond acceptors (Lipinski definition) is 8. The van der Waals surface area contributed by atoms with Crippen molar-refractivity contribution >= 4 is 35.0 Å². The Kier molecular flexibility index (Phi) is 8.25. The van der Waals surface area contributed by atoms with Crippen LogP contribution >= 0.6 is 0 Å². The topological polar surface area (TPSA) is 140 Å². The predicted octanol–water partition coefficient (Wildman–Crippen LogP) is 2.12. The molecule has 2 amide bonds. The Bertz CT molecular complexity index is 1080. The quantitative estimate of drug-likeness (QED) is 0.352. The highest BCUT2D eigenvalue weighted by molar-refractivity contribution is 6.01. The smallest absolute Gasteiger partial charge is 0.393 e. The van der Waals surface area contributed by atoms with Gasteiger partial charge in [-0.25, -0.2) is 4.98 Å². The molecule has 1 fully saturated rings. The number of para-hydroxylation sites is 2. The van der Waals surface area contributed by atoms with Gasteiger partial charge in [-0.3, -0.25) is 9.59 Å². The number of benzene rings is 1. The molecule has 35 heavy (non-hydrogen) atoms. The van der Waals surface area contributed by atoms with Gasteiger partial charge in [0.05, 0.1) is 18.0 Å². The van der Waals surface area contributed by atoms with E-state index in [2.05, 4.69) is 32.5 Å². The summed E-state index contributed by atoms with van der Waals surface area (Å²) >= 11 is 0. The lowest BCUT2D eigenvalue weighted by Gasteiger charge is -2.34. The van der Waals surface area contributed by atoms with E-state index in [1.165, 1.54) is 17.0 Å². The van der Waals surface area contributed by atoms with Crippen molar-refractivity contribution in [2.45, 2.75) is 31.2 Å². The first-order valence-corrected chi connectivity index (χ1v) is 10.7. The fourth-order valence-electron chi connectivity index (χ4n) is 3.53. The lowest BCUT2D eigenvalue weighted by Crippen LogP contribution is -2.49. The molecule has 188 valence electrons. The van der Waals surface area contributed by atoms with Crippen LogP contribution in [0, 0.1) is 0 Å². The Hall–Kier alpha value is -3.71. The van der Waals surface area contributed by atoms with Gasteiger partial charge in [0.25, 0.3) is 5.91 Å². The standard InChI is InChI=1S/C22H25F3N6O4/c1-2-18(34)28-15-7-3-4-8-16(15)29-19-14(22(23,24)25)10-26-21(30-19)27-13-6-5-9-31(11-13)20(35)17(33)12-32/h2-4,7-8,10,13,17,32-33H,1,5-6,9,11-12H2,(H,28,34)(H2,26,27,29,30)/t13-,17-/m0/s1. The number of carbonyl (C=O) groups is 2. The monoisotopic (exact) mass is 494 g/mol. The molecule has 1 aliphatic rings. The van der Waals surface area contributed by atoms with E-state index in [0.29, 0.717) is 25.6 Å². The highest BCUT2D eigenvalue weighted by atomic mass is 19.4. The van der Waals surface area contributed by atoms with Crippen molar-refractivity contribution in [2.75, 3.05) is 35.6 Å². The van der Waals surface area contributed by atoms with Crippen LogP contribution in [0.4, 0.5) is 36.3 Å². The molecule has 1 aromatic heterocycles. The summed E-state index contributed by atoms with van der Waals surface area (Å²) in [6.45, 7) is 3.17. The predicted molar refractivity (Wildman–Crippen MR) is 122 cm³/mol. The van der Waals surface area contributed by atoms with Crippen LogP contribution in [0.5, 0.6) is 0 Å². The van der Waals surface area contributed by atoms with Crippen LogP contribution < -0.4 is 16.0 Å². The minimum Gasteiger partial charge on any atom is -0.393 e. The summed E-state index contributed by atoms with van der Waals surface area (Å²) < 4.78 is 40.9. The van der Waals surface area contributed by atoms with Crippen molar-refractivity contribution in [2.24, 2.45) is 0 Å². The Balaban J connectivity index is 1.85. The number of aromatic nitrogens is 2. The Morgan fingerprint density at radius 1 is 1.29 bits per heavy atom. The van der Waals surface area contributed by atoms with Crippen molar-refractivity contribution < 1.29 is 33.0 Å². The number of anilines is 4. The number of carbonyl (C=O) groups excluding carboxylic acids is 2. The largest absolute Gasteiger partial charge is 0.421 e. The van der Waals surface area contributed by atoms with Gasteiger partial charge >= 0.3 is 6.18 Å². The Morgan fingerprint density at radius 3 is 2.66 bits per heavy atom. The van der Waals surface area contributed by atoms with E-state index in [1.807, 2.05) is 0 Å². The van der Waals surface area contributed by atoms with Crippen molar-refractivity contribution in [3.05, 3.63) is 48.7 Å². The second-order valence-corrected chi connectivity index (χ2v) is 7.78. The van der Waals surface area contributed by atoms with E-state index < -0.39 is 42.1 Å². The van der Waals surface area contributed by atoms with Crippen LogP contribution in [-0.2, 0) is 15.8 Å². The molecule has 0 saturated carbocycles. The van der Waals surface area contributed by atoms with Crippen molar-refractivity contribution in [1.29, 1.82) is 0 Å². The van der Waals surface area contributed by atoms with E-state index in [4.69, 9.17) is 5.11 Å². The first-order valence-electron chi connectivity index (χ1n) is 10.7. The summed E-state index contributed by atoms with van der Waals surface area (Å²) in [5, 5.41) is 26.7. The molecule has 3 rings (SSSR count). The molecule has 10 nitrogen and oxygen atoms in total. The first-order chi connectivity index (χ1) is 16.6. The minimum atomic E-state index is -4.76. The second kappa shape index (κ2) is 11.1. The summed E-state index contributed by atoms with van der Waals surface area (Å²) in [5.74, 6) is -1.80. The van der Waals surface area contributed by atoms with E-state index in [9.17, 15) is 27.9 Å². The average Bonchev–Trinajstić information content (AvgIpc) is 2.83. The van der Waals surface area contributed by atoms with Gasteiger partial charge in [0, 0.05) is 25.3 Å². The normalized spacial score (nSPS) is 16.8. The average molecular weight is 494 g/mol. The molecule has 2 heterocycles. The molecule has 0 spiro atoms. The number of alkyl halides is 3. The Labute approximate surface area is 198 Å². The summed E-state index contributed by atoms with van der Waals surface area (Å²) in [6.07, 6.45) is -3.46. The number of nitrogens with one attached hydrogen (secondary N) is 3. The van der Waals surface area contributed by atoms with Gasteiger partial charge in [-0.15, -0.1) is 0 Å². The highest BCUT2D eigenvalue weighted by Gasteiger charge is 2.36. The lowest BCUT2D eigenvalue weighted by atomic mass is 10.1. The summed E-state index contributed by atoms with van der Waals surface area (Å²) in [7, 11) is 0. The van der Waals surface area contributed by atoms with Gasteiger partial charge in [0.1, 0.15) is 11.4 Å². The number of amides is 2. The van der Waals surface area contributed by atoms with Crippen LogP contribution in [0.3, 0.4) is 0 Å². The van der Waals surface area contributed by atoms with Crippen LogP contribution in [0.1, 0.15) is 18.4 Å². The molecule has 5 N–H and O–H groups in total. The molecule has 1 aromatic carbocycles. The number of aliphatic hydroxyl groups excluding tert-OH is 2. The summed E-state index contributed by atoms with van der Waals surface area (Å²) in [4.78, 5) is 33.0. The third kappa shape index (κ3) is 6.67. The number of halogens is 3. The second-order valence-electron chi connectivity index (χ2n) is 7.78. The van der Waals surface area contributed by atoms with E-state index in [0.717, 1.165) is 6.08 Å². The van der Waals surface area contributed by atoms with Crippen molar-refractivity contribution in [3.63, 3.8) is 0 Å². The molecule has 13 heteroatoms. The number of hydrogen-bond donors (Lipinski definition) is 5. The molecular weight excluding hydrogens is 469 g/mol. The zero-order chi connectivity index (χ0) is 25.6. The highest BCUT2D eigenvalue weighted by Crippen LogP contribution is 2.36. The molecular formula is C22H25F3N6O4. The molecule has 0 aliphatic carbocycles. The number of likely N-dealkylation sites (tertiary alicyclic amines) is 1. The molecule has 1 aliphatic heterocycles. The van der Waals surface area contributed by atoms with E-state index in [-0.39, 0.29) is 29.9 Å². The molecule has 0 unspecified atom stereocenters. The Morgan fingerprint density at radius 2 is 2.00 bits per heavy atom. The van der Waals surface area contributed by atoms with Gasteiger partial charge < -0.3 is 31.1 Å². The summed E-state index contributed by atoms with van der Waals surface area (Å²) in [5.41, 5.74) is -0.716. The minimum absolute atomic E-state index is 0.102. The van der Waals surface area contributed by atoms with Crippen molar-refractivity contribution in [3.8, 4) is 0 Å². The van der Waals surface area contributed by atoms with Gasteiger partial charge in [-0.2, -0.15) is 18.2 Å². The van der Waals surface area contributed by atoms with Gasteiger partial charge in [0.15, 0.2) is 6.10 Å². The molecule has 0 bridgehead atoms. The van der Waals surface area contributed by atoms with E-state index in [1.54, 1.807) is 12.1 Å². The van der Waals surface area contributed by atoms with Crippen molar-refractivity contribution in [1.82, 2.24) is 14.9 Å². The third-order valence-corrected chi connectivity index (χ3v) is 5.24. The third-order valence-electron chi connectivity index (χ3n) is 5.24. The lowest BCUT2D eigenvalue weighted by molar-refractivity contribution is -0.143. The number of aliphatic hydroxyl groups is 2. The van der Waals surface area contributed by atoms with Crippen LogP contribution in [0.2, 0.25) is 0 Å².